The fourth-order valence-electron chi connectivity index (χ4n) is 3.18. The molecule has 24 heavy (non-hydrogen) atoms. The minimum atomic E-state index is -0.0353. The molecule has 1 aromatic carbocycles. The summed E-state index contributed by atoms with van der Waals surface area (Å²) in [7, 11) is 0. The molecule has 3 rings (SSSR count). The molecule has 0 unspecified atom stereocenters. The van der Waals surface area contributed by atoms with E-state index in [0.29, 0.717) is 50.5 Å². The maximum atomic E-state index is 12.7. The van der Waals surface area contributed by atoms with Crippen LogP contribution >= 0.6 is 0 Å². The summed E-state index contributed by atoms with van der Waals surface area (Å²) < 4.78 is 0. The van der Waals surface area contributed by atoms with Crippen molar-refractivity contribution in [2.75, 3.05) is 31.5 Å². The van der Waals surface area contributed by atoms with Crippen LogP contribution in [-0.2, 0) is 16.0 Å². The number of anilines is 1. The summed E-state index contributed by atoms with van der Waals surface area (Å²) in [6, 6.07) is 5.34. The van der Waals surface area contributed by atoms with Gasteiger partial charge in [-0.2, -0.15) is 0 Å². The van der Waals surface area contributed by atoms with E-state index in [1.165, 1.54) is 0 Å². The van der Waals surface area contributed by atoms with Crippen molar-refractivity contribution in [1.29, 1.82) is 0 Å². The van der Waals surface area contributed by atoms with E-state index in [-0.39, 0.29) is 17.7 Å². The van der Waals surface area contributed by atoms with Crippen molar-refractivity contribution in [2.24, 2.45) is 5.92 Å². The summed E-state index contributed by atoms with van der Waals surface area (Å²) in [5, 5.41) is 2.77. The van der Waals surface area contributed by atoms with E-state index in [1.807, 2.05) is 18.7 Å². The van der Waals surface area contributed by atoms with Gasteiger partial charge >= 0.3 is 0 Å². The second kappa shape index (κ2) is 6.63. The van der Waals surface area contributed by atoms with Crippen LogP contribution in [0, 0.1) is 5.92 Å². The van der Waals surface area contributed by atoms with Crippen molar-refractivity contribution in [3.63, 3.8) is 0 Å². The molecule has 6 nitrogen and oxygen atoms in total. The quantitative estimate of drug-likeness (QED) is 0.914. The van der Waals surface area contributed by atoms with Gasteiger partial charge in [0, 0.05) is 43.9 Å². The van der Waals surface area contributed by atoms with Crippen LogP contribution in [0.1, 0.15) is 36.2 Å². The lowest BCUT2D eigenvalue weighted by Gasteiger charge is -2.35. The van der Waals surface area contributed by atoms with Gasteiger partial charge < -0.3 is 15.1 Å². The van der Waals surface area contributed by atoms with Gasteiger partial charge in [0.05, 0.1) is 6.42 Å². The van der Waals surface area contributed by atoms with Gasteiger partial charge in [-0.25, -0.2) is 0 Å². The predicted octanol–water partition coefficient (Wildman–Crippen LogP) is 1.51. The number of carbonyl (C=O) groups excluding carboxylic acids is 3. The third-order valence-corrected chi connectivity index (χ3v) is 4.48. The Balaban J connectivity index is 1.61. The predicted molar refractivity (Wildman–Crippen MR) is 90.7 cm³/mol. The highest BCUT2D eigenvalue weighted by atomic mass is 16.2. The van der Waals surface area contributed by atoms with Gasteiger partial charge in [0.25, 0.3) is 5.91 Å². The fraction of sp³-hybridized carbons (Fsp3) is 0.500. The molecule has 0 atom stereocenters. The highest BCUT2D eigenvalue weighted by Gasteiger charge is 2.26. The molecule has 2 aliphatic heterocycles. The first kappa shape index (κ1) is 16.5. The van der Waals surface area contributed by atoms with Crippen molar-refractivity contribution >= 4 is 23.4 Å². The van der Waals surface area contributed by atoms with E-state index in [9.17, 15) is 14.4 Å². The normalized spacial score (nSPS) is 17.0. The molecule has 2 heterocycles. The Bertz CT molecular complexity index is 676. The maximum Gasteiger partial charge on any atom is 0.253 e. The molecule has 1 N–H and O–H groups in total. The zero-order chi connectivity index (χ0) is 17.3. The number of hydrogen-bond donors (Lipinski definition) is 1. The fourth-order valence-corrected chi connectivity index (χ4v) is 3.18. The maximum absolute atomic E-state index is 12.7. The molecule has 0 aliphatic carbocycles. The van der Waals surface area contributed by atoms with Gasteiger partial charge in [-0.3, -0.25) is 14.4 Å². The number of hydrogen-bond acceptors (Lipinski definition) is 3. The minimum Gasteiger partial charge on any atom is -0.339 e. The Hall–Kier alpha value is -2.37. The Kier molecular flexibility index (Phi) is 4.55. The summed E-state index contributed by atoms with van der Waals surface area (Å²) >= 11 is 0. The Morgan fingerprint density at radius 1 is 1.12 bits per heavy atom. The molecule has 0 spiro atoms. The molecule has 0 saturated carbocycles. The number of fused-ring (bicyclic) bond motifs is 1. The van der Waals surface area contributed by atoms with Crippen LogP contribution in [0.5, 0.6) is 0 Å². The molecule has 2 aliphatic rings. The topological polar surface area (TPSA) is 69.7 Å². The van der Waals surface area contributed by atoms with E-state index in [2.05, 4.69) is 5.32 Å². The average molecular weight is 329 g/mol. The second-order valence-corrected chi connectivity index (χ2v) is 6.87. The number of nitrogens with zero attached hydrogens (tertiary/aromatic N) is 2. The van der Waals surface area contributed by atoms with Crippen molar-refractivity contribution in [3.05, 3.63) is 29.3 Å². The number of nitrogens with one attached hydrogen (secondary N) is 1. The van der Waals surface area contributed by atoms with Crippen molar-refractivity contribution in [3.8, 4) is 0 Å². The van der Waals surface area contributed by atoms with E-state index in [1.54, 1.807) is 23.1 Å². The van der Waals surface area contributed by atoms with E-state index in [4.69, 9.17) is 0 Å². The van der Waals surface area contributed by atoms with Crippen LogP contribution in [0.15, 0.2) is 18.2 Å². The summed E-state index contributed by atoms with van der Waals surface area (Å²) in [4.78, 5) is 39.8. The Morgan fingerprint density at radius 2 is 1.79 bits per heavy atom. The first-order valence-corrected chi connectivity index (χ1v) is 8.44. The van der Waals surface area contributed by atoms with Gasteiger partial charge in [-0.05, 0) is 29.7 Å². The number of piperazine rings is 1. The van der Waals surface area contributed by atoms with Gasteiger partial charge in [0.15, 0.2) is 0 Å². The van der Waals surface area contributed by atoms with Gasteiger partial charge in [0.1, 0.15) is 0 Å². The third kappa shape index (κ3) is 3.42. The van der Waals surface area contributed by atoms with Crippen LogP contribution in [0.2, 0.25) is 0 Å². The number of amides is 3. The zero-order valence-corrected chi connectivity index (χ0v) is 14.2. The molecular weight excluding hydrogens is 306 g/mol. The highest BCUT2D eigenvalue weighted by Crippen LogP contribution is 2.24. The zero-order valence-electron chi connectivity index (χ0n) is 14.2. The van der Waals surface area contributed by atoms with Crippen molar-refractivity contribution < 1.29 is 14.4 Å². The Morgan fingerprint density at radius 3 is 2.46 bits per heavy atom. The van der Waals surface area contributed by atoms with E-state index in [0.717, 1.165) is 11.3 Å². The summed E-state index contributed by atoms with van der Waals surface area (Å²) in [5.41, 5.74) is 2.27. The smallest absolute Gasteiger partial charge is 0.253 e. The number of carbonyl (C=O) groups is 3. The summed E-state index contributed by atoms with van der Waals surface area (Å²) in [6.45, 7) is 6.34. The van der Waals surface area contributed by atoms with Crippen LogP contribution in [0.3, 0.4) is 0 Å². The van der Waals surface area contributed by atoms with Crippen LogP contribution in [0.4, 0.5) is 5.69 Å². The standard InChI is InChI=1S/C18H23N3O3/c1-12(2)9-17(23)20-5-7-21(8-6-20)18(24)13-3-4-15-14(10-13)11-16(22)19-15/h3-4,10,12H,5-9,11H2,1-2H3,(H,19,22). The largest absolute Gasteiger partial charge is 0.339 e. The van der Waals surface area contributed by atoms with Crippen molar-refractivity contribution in [2.45, 2.75) is 26.7 Å². The van der Waals surface area contributed by atoms with Crippen LogP contribution < -0.4 is 5.32 Å². The van der Waals surface area contributed by atoms with Crippen LogP contribution in [0.25, 0.3) is 0 Å². The molecule has 0 aromatic heterocycles. The molecule has 128 valence electrons. The average Bonchev–Trinajstić information content (AvgIpc) is 2.92. The molecule has 3 amide bonds. The monoisotopic (exact) mass is 329 g/mol. The lowest BCUT2D eigenvalue weighted by Crippen LogP contribution is -2.50. The van der Waals surface area contributed by atoms with E-state index < -0.39 is 0 Å². The molecule has 1 aromatic rings. The first-order chi connectivity index (χ1) is 11.4. The SMILES string of the molecule is CC(C)CC(=O)N1CCN(C(=O)c2ccc3c(c2)CC(=O)N3)CC1. The molecule has 6 heteroatoms. The summed E-state index contributed by atoms with van der Waals surface area (Å²) in [6.07, 6.45) is 0.883. The Labute approximate surface area is 141 Å². The third-order valence-electron chi connectivity index (χ3n) is 4.48. The van der Waals surface area contributed by atoms with Gasteiger partial charge in [0.2, 0.25) is 11.8 Å². The van der Waals surface area contributed by atoms with Crippen molar-refractivity contribution in [1.82, 2.24) is 9.80 Å². The lowest BCUT2D eigenvalue weighted by atomic mass is 10.1. The molecule has 0 radical (unpaired) electrons. The molecule has 1 saturated heterocycles. The molecular formula is C18H23N3O3. The van der Waals surface area contributed by atoms with Gasteiger partial charge in [-0.1, -0.05) is 13.8 Å². The summed E-state index contributed by atoms with van der Waals surface area (Å²) in [5.74, 6) is 0.444. The molecule has 1 fully saturated rings. The minimum absolute atomic E-state index is 0.0342. The van der Waals surface area contributed by atoms with Crippen LogP contribution in [-0.4, -0.2) is 53.7 Å². The number of rotatable bonds is 3. The highest BCUT2D eigenvalue weighted by molar-refractivity contribution is 6.01. The van der Waals surface area contributed by atoms with E-state index >= 15 is 0 Å². The number of benzene rings is 1. The van der Waals surface area contributed by atoms with Gasteiger partial charge in [-0.15, -0.1) is 0 Å². The first-order valence-electron chi connectivity index (χ1n) is 8.44. The molecule has 0 bridgehead atoms. The lowest BCUT2D eigenvalue weighted by molar-refractivity contribution is -0.133. The second-order valence-electron chi connectivity index (χ2n) is 6.87.